The van der Waals surface area contributed by atoms with Gasteiger partial charge in [-0.2, -0.15) is 5.10 Å². The highest BCUT2D eigenvalue weighted by Gasteiger charge is 2.13. The molecule has 0 unspecified atom stereocenters. The number of carbonyl (C=O) groups excluding carboxylic acids is 1. The van der Waals surface area contributed by atoms with Crippen LogP contribution in [0.4, 0.5) is 5.69 Å². The van der Waals surface area contributed by atoms with Crippen molar-refractivity contribution in [3.05, 3.63) is 109 Å². The molecule has 7 nitrogen and oxygen atoms in total. The van der Waals surface area contributed by atoms with Gasteiger partial charge >= 0.3 is 0 Å². The van der Waals surface area contributed by atoms with Crippen LogP contribution >= 0.6 is 34.5 Å². The Morgan fingerprint density at radius 3 is 2.74 bits per heavy atom. The first-order valence-electron chi connectivity index (χ1n) is 10.4. The maximum Gasteiger partial charge on any atom is 0.281 e. The Kier molecular flexibility index (Phi) is 6.25. The summed E-state index contributed by atoms with van der Waals surface area (Å²) < 4.78 is 2.85. The highest BCUT2D eigenvalue weighted by Crippen LogP contribution is 2.29. The van der Waals surface area contributed by atoms with Crippen LogP contribution in [0.25, 0.3) is 21.0 Å². The Hall–Kier alpha value is -3.72. The topological polar surface area (TPSA) is 89.5 Å². The van der Waals surface area contributed by atoms with Gasteiger partial charge in [-0.25, -0.2) is 5.43 Å². The van der Waals surface area contributed by atoms with Gasteiger partial charge in [0.25, 0.3) is 11.6 Å². The molecule has 3 aromatic carbocycles. The van der Waals surface area contributed by atoms with Gasteiger partial charge in [-0.15, -0.1) is 11.3 Å². The third-order valence-electron chi connectivity index (χ3n) is 5.48. The number of non-ortho nitro benzene ring substituents is 1. The fraction of sp³-hybridized carbons (Fsp3) is 0.0400. The fourth-order valence-electron chi connectivity index (χ4n) is 3.81. The summed E-state index contributed by atoms with van der Waals surface area (Å²) in [6, 6.07) is 19.4. The number of benzene rings is 3. The van der Waals surface area contributed by atoms with E-state index >= 15 is 0 Å². The number of thiophene rings is 1. The molecule has 0 spiro atoms. The lowest BCUT2D eigenvalue weighted by Crippen LogP contribution is -2.16. The Morgan fingerprint density at radius 2 is 1.94 bits per heavy atom. The fourth-order valence-corrected chi connectivity index (χ4v) is 5.22. The number of amides is 1. The predicted molar refractivity (Wildman–Crippen MR) is 141 cm³/mol. The number of para-hydroxylation sites is 1. The van der Waals surface area contributed by atoms with Crippen molar-refractivity contribution >= 4 is 73.3 Å². The summed E-state index contributed by atoms with van der Waals surface area (Å²) in [5.41, 5.74) is 5.29. The molecule has 35 heavy (non-hydrogen) atoms. The number of nitrogens with zero attached hydrogens (tertiary/aromatic N) is 3. The molecule has 0 aliphatic heterocycles. The van der Waals surface area contributed by atoms with E-state index < -0.39 is 4.92 Å². The Morgan fingerprint density at radius 1 is 1.11 bits per heavy atom. The van der Waals surface area contributed by atoms with Gasteiger partial charge in [-0.1, -0.05) is 47.5 Å². The van der Waals surface area contributed by atoms with Crippen molar-refractivity contribution in [3.8, 4) is 0 Å². The Bertz CT molecular complexity index is 1640. The number of rotatable bonds is 6. The lowest BCUT2D eigenvalue weighted by molar-refractivity contribution is -0.384. The van der Waals surface area contributed by atoms with Crippen molar-refractivity contribution in [3.63, 3.8) is 0 Å². The van der Waals surface area contributed by atoms with E-state index in [2.05, 4.69) is 15.1 Å². The van der Waals surface area contributed by atoms with Gasteiger partial charge in [0.1, 0.15) is 0 Å². The zero-order valence-corrected chi connectivity index (χ0v) is 20.3. The molecule has 1 amide bonds. The second-order valence-electron chi connectivity index (χ2n) is 7.75. The maximum atomic E-state index is 12.6. The molecule has 2 heterocycles. The number of nitro benzene ring substituents is 1. The van der Waals surface area contributed by atoms with Crippen LogP contribution < -0.4 is 5.43 Å². The molecule has 2 aromatic heterocycles. The van der Waals surface area contributed by atoms with Crippen molar-refractivity contribution in [2.24, 2.45) is 5.10 Å². The average Bonchev–Trinajstić information content (AvgIpc) is 3.42. The molecule has 0 aliphatic carbocycles. The summed E-state index contributed by atoms with van der Waals surface area (Å²) in [5, 5.41) is 17.9. The highest BCUT2D eigenvalue weighted by molar-refractivity contribution is 7.20. The van der Waals surface area contributed by atoms with Crippen molar-refractivity contribution in [1.29, 1.82) is 0 Å². The van der Waals surface area contributed by atoms with Crippen LogP contribution in [0.2, 0.25) is 10.0 Å². The van der Waals surface area contributed by atoms with Gasteiger partial charge in [0.15, 0.2) is 0 Å². The van der Waals surface area contributed by atoms with E-state index in [0.29, 0.717) is 26.9 Å². The first-order chi connectivity index (χ1) is 16.9. The number of hydrogen-bond donors (Lipinski definition) is 1. The van der Waals surface area contributed by atoms with Crippen LogP contribution in [0, 0.1) is 10.1 Å². The first kappa shape index (κ1) is 23.0. The molecule has 0 saturated heterocycles. The lowest BCUT2D eigenvalue weighted by Gasteiger charge is -2.08. The number of hydrogen-bond acceptors (Lipinski definition) is 5. The molecule has 0 fully saturated rings. The molecule has 5 aromatic rings. The second kappa shape index (κ2) is 9.50. The summed E-state index contributed by atoms with van der Waals surface area (Å²) in [4.78, 5) is 23.6. The molecular formula is C25H16Cl2N4O3S. The molecule has 174 valence electrons. The zero-order chi connectivity index (χ0) is 24.5. The van der Waals surface area contributed by atoms with Gasteiger partial charge < -0.3 is 4.57 Å². The summed E-state index contributed by atoms with van der Waals surface area (Å²) in [7, 11) is 0. The molecule has 1 N–H and O–H groups in total. The van der Waals surface area contributed by atoms with Crippen LogP contribution in [0.3, 0.4) is 0 Å². The number of nitrogens with one attached hydrogen (secondary N) is 1. The smallest absolute Gasteiger partial charge is 0.281 e. The van der Waals surface area contributed by atoms with E-state index in [0.717, 1.165) is 26.7 Å². The molecular weight excluding hydrogens is 507 g/mol. The normalized spacial score (nSPS) is 11.5. The van der Waals surface area contributed by atoms with E-state index in [1.54, 1.807) is 30.5 Å². The van der Waals surface area contributed by atoms with Crippen molar-refractivity contribution in [2.45, 2.75) is 6.54 Å². The zero-order valence-electron chi connectivity index (χ0n) is 17.9. The van der Waals surface area contributed by atoms with Gasteiger partial charge in [0.2, 0.25) is 0 Å². The SMILES string of the molecule is O=C(N/N=C\c1cn(Cc2ccc(Cl)cc2Cl)c2ccccc12)c1cc2cc([N+](=O)[O-])ccc2s1. The summed E-state index contributed by atoms with van der Waals surface area (Å²) in [6.45, 7) is 0.546. The molecule has 0 radical (unpaired) electrons. The van der Waals surface area contributed by atoms with Gasteiger partial charge in [-0.3, -0.25) is 14.9 Å². The third kappa shape index (κ3) is 4.77. The molecule has 0 saturated carbocycles. The highest BCUT2D eigenvalue weighted by atomic mass is 35.5. The van der Waals surface area contributed by atoms with Gasteiger partial charge in [0.05, 0.1) is 16.0 Å². The van der Waals surface area contributed by atoms with Crippen LogP contribution in [-0.2, 0) is 6.54 Å². The molecule has 0 atom stereocenters. The van der Waals surface area contributed by atoms with Gasteiger partial charge in [0, 0.05) is 61.5 Å². The monoisotopic (exact) mass is 522 g/mol. The largest absolute Gasteiger partial charge is 0.342 e. The van der Waals surface area contributed by atoms with Crippen molar-refractivity contribution in [2.75, 3.05) is 0 Å². The minimum atomic E-state index is -0.460. The van der Waals surface area contributed by atoms with Crippen LogP contribution in [-0.4, -0.2) is 21.6 Å². The lowest BCUT2D eigenvalue weighted by atomic mass is 10.2. The van der Waals surface area contributed by atoms with E-state index in [4.69, 9.17) is 23.2 Å². The van der Waals surface area contributed by atoms with E-state index in [1.165, 1.54) is 23.5 Å². The van der Waals surface area contributed by atoms with Crippen LogP contribution in [0.1, 0.15) is 20.8 Å². The quantitative estimate of drug-likeness (QED) is 0.149. The van der Waals surface area contributed by atoms with E-state index in [-0.39, 0.29) is 11.6 Å². The number of aromatic nitrogens is 1. The summed E-state index contributed by atoms with van der Waals surface area (Å²) in [5.74, 6) is -0.387. The minimum absolute atomic E-state index is 0.0171. The summed E-state index contributed by atoms with van der Waals surface area (Å²) in [6.07, 6.45) is 3.54. The maximum absolute atomic E-state index is 12.6. The van der Waals surface area contributed by atoms with Crippen molar-refractivity contribution in [1.82, 2.24) is 9.99 Å². The Balaban J connectivity index is 1.37. The number of nitro groups is 1. The minimum Gasteiger partial charge on any atom is -0.342 e. The van der Waals surface area contributed by atoms with Crippen molar-refractivity contribution < 1.29 is 9.72 Å². The number of hydrazone groups is 1. The summed E-state index contributed by atoms with van der Waals surface area (Å²) >= 11 is 13.6. The first-order valence-corrected chi connectivity index (χ1v) is 12.0. The second-order valence-corrected chi connectivity index (χ2v) is 9.68. The predicted octanol–water partition coefficient (Wildman–Crippen LogP) is 6.88. The number of halogens is 2. The molecule has 10 heteroatoms. The Labute approximate surface area is 213 Å². The van der Waals surface area contributed by atoms with Crippen LogP contribution in [0.5, 0.6) is 0 Å². The standard InChI is InChI=1S/C25H16Cl2N4O3S/c26-18-6-5-15(21(27)11-18)13-30-14-17(20-3-1-2-4-22(20)30)12-28-29-25(32)24-10-16-9-19(31(33)34)7-8-23(16)35-24/h1-12,14H,13H2,(H,29,32)/b28-12-. The van der Waals surface area contributed by atoms with Crippen LogP contribution in [0.15, 0.2) is 78.0 Å². The van der Waals surface area contributed by atoms with E-state index in [9.17, 15) is 14.9 Å². The average molecular weight is 523 g/mol. The number of fused-ring (bicyclic) bond motifs is 2. The molecule has 0 bridgehead atoms. The molecule has 0 aliphatic rings. The number of carbonyl (C=O) groups is 1. The third-order valence-corrected chi connectivity index (χ3v) is 7.18. The van der Waals surface area contributed by atoms with Gasteiger partial charge in [-0.05, 0) is 35.9 Å². The van der Waals surface area contributed by atoms with E-state index in [1.807, 2.05) is 36.5 Å². The molecule has 5 rings (SSSR count).